The van der Waals surface area contributed by atoms with E-state index in [1.54, 1.807) is 6.07 Å². The van der Waals surface area contributed by atoms with Crippen molar-refractivity contribution in [3.63, 3.8) is 0 Å². The summed E-state index contributed by atoms with van der Waals surface area (Å²) >= 11 is 4.43. The normalized spacial score (nSPS) is 14.9. The maximum absolute atomic E-state index is 10.5. The third-order valence-corrected chi connectivity index (χ3v) is 3.82. The van der Waals surface area contributed by atoms with Crippen molar-refractivity contribution in [1.29, 1.82) is 0 Å². The number of aldehydes is 1. The van der Waals surface area contributed by atoms with Gasteiger partial charge in [-0.15, -0.1) is 11.3 Å². The van der Waals surface area contributed by atoms with E-state index in [1.165, 1.54) is 11.3 Å². The van der Waals surface area contributed by atoms with E-state index >= 15 is 0 Å². The van der Waals surface area contributed by atoms with Gasteiger partial charge in [0, 0.05) is 10.2 Å². The molecule has 0 aliphatic rings. The second-order valence-corrected chi connectivity index (χ2v) is 5.21. The molecule has 1 heterocycles. The van der Waals surface area contributed by atoms with Gasteiger partial charge < -0.3 is 10.2 Å². The predicted molar refractivity (Wildman–Crippen MR) is 63.8 cm³/mol. The highest BCUT2D eigenvalue weighted by atomic mass is 79.9. The van der Waals surface area contributed by atoms with Crippen molar-refractivity contribution < 1.29 is 15.0 Å². The smallest absolute Gasteiger partial charge is 0.160 e. The number of rotatable bonds is 5. The van der Waals surface area contributed by atoms with Gasteiger partial charge in [0.15, 0.2) is 6.29 Å². The number of aliphatic hydroxyl groups excluding tert-OH is 2. The van der Waals surface area contributed by atoms with Gasteiger partial charge in [0.25, 0.3) is 0 Å². The number of carbonyl (C=O) groups is 1. The Kier molecular flexibility index (Phi) is 4.92. The van der Waals surface area contributed by atoms with Crippen molar-refractivity contribution in [3.05, 3.63) is 21.4 Å². The van der Waals surface area contributed by atoms with Gasteiger partial charge in [-0.05, 0) is 25.0 Å². The van der Waals surface area contributed by atoms with Crippen LogP contribution in [0.25, 0.3) is 0 Å². The van der Waals surface area contributed by atoms with Gasteiger partial charge >= 0.3 is 0 Å². The largest absolute Gasteiger partial charge is 0.390 e. The average molecular weight is 293 g/mol. The first-order valence-electron chi connectivity index (χ1n) is 4.57. The molecule has 0 fully saturated rings. The maximum atomic E-state index is 10.5. The summed E-state index contributed by atoms with van der Waals surface area (Å²) in [5.74, 6) is 0. The maximum Gasteiger partial charge on any atom is 0.160 e. The van der Waals surface area contributed by atoms with Crippen molar-refractivity contribution in [1.82, 2.24) is 0 Å². The molecule has 15 heavy (non-hydrogen) atoms. The molecule has 2 N–H and O–H groups in total. The highest BCUT2D eigenvalue weighted by molar-refractivity contribution is 9.09. The first-order chi connectivity index (χ1) is 7.10. The molecule has 5 heteroatoms. The van der Waals surface area contributed by atoms with Crippen molar-refractivity contribution in [2.75, 3.05) is 5.33 Å². The van der Waals surface area contributed by atoms with E-state index in [2.05, 4.69) is 15.9 Å². The number of hydrogen-bond donors (Lipinski definition) is 2. The standard InChI is InChI=1S/C10H13BrO3S/c1-6-4-7(5-12)15-10(6)9(14)8(13)2-3-11/h4-5,8-9,13-14H,2-3H2,1H3. The highest BCUT2D eigenvalue weighted by Crippen LogP contribution is 2.30. The molecular weight excluding hydrogens is 280 g/mol. The fraction of sp³-hybridized carbons (Fsp3) is 0.500. The zero-order valence-electron chi connectivity index (χ0n) is 8.31. The average Bonchev–Trinajstić information content (AvgIpc) is 2.59. The van der Waals surface area contributed by atoms with E-state index in [1.807, 2.05) is 6.92 Å². The molecule has 0 aliphatic heterocycles. The Morgan fingerprint density at radius 2 is 2.27 bits per heavy atom. The molecule has 0 amide bonds. The van der Waals surface area contributed by atoms with Crippen LogP contribution >= 0.6 is 27.3 Å². The highest BCUT2D eigenvalue weighted by Gasteiger charge is 2.21. The molecule has 2 atom stereocenters. The molecule has 1 aromatic heterocycles. The molecule has 0 bridgehead atoms. The van der Waals surface area contributed by atoms with Gasteiger partial charge in [0.05, 0.1) is 11.0 Å². The van der Waals surface area contributed by atoms with Crippen LogP contribution in [0.15, 0.2) is 6.07 Å². The number of alkyl halides is 1. The van der Waals surface area contributed by atoms with Crippen LogP contribution in [-0.4, -0.2) is 27.9 Å². The third-order valence-electron chi connectivity index (χ3n) is 2.13. The molecule has 0 saturated heterocycles. The summed E-state index contributed by atoms with van der Waals surface area (Å²) in [6, 6.07) is 1.72. The fourth-order valence-electron chi connectivity index (χ4n) is 1.32. The van der Waals surface area contributed by atoms with Crippen LogP contribution in [0.3, 0.4) is 0 Å². The van der Waals surface area contributed by atoms with Crippen LogP contribution in [0, 0.1) is 6.92 Å². The van der Waals surface area contributed by atoms with E-state index in [4.69, 9.17) is 0 Å². The van der Waals surface area contributed by atoms with Crippen LogP contribution in [0.5, 0.6) is 0 Å². The van der Waals surface area contributed by atoms with E-state index in [0.717, 1.165) is 11.8 Å². The molecule has 0 saturated carbocycles. The minimum Gasteiger partial charge on any atom is -0.390 e. The quantitative estimate of drug-likeness (QED) is 0.645. The summed E-state index contributed by atoms with van der Waals surface area (Å²) in [4.78, 5) is 11.8. The Bertz CT molecular complexity index is 337. The zero-order chi connectivity index (χ0) is 11.4. The lowest BCUT2D eigenvalue weighted by molar-refractivity contribution is 0.0192. The van der Waals surface area contributed by atoms with E-state index in [0.29, 0.717) is 21.5 Å². The van der Waals surface area contributed by atoms with Crippen LogP contribution in [0.4, 0.5) is 0 Å². The minimum atomic E-state index is -0.902. The number of aryl methyl sites for hydroxylation is 1. The minimum absolute atomic E-state index is 0.481. The summed E-state index contributed by atoms with van der Waals surface area (Å²) in [5, 5.41) is 20.1. The summed E-state index contributed by atoms with van der Waals surface area (Å²) in [6.07, 6.45) is -0.456. The first-order valence-corrected chi connectivity index (χ1v) is 6.51. The van der Waals surface area contributed by atoms with Crippen LogP contribution < -0.4 is 0 Å². The summed E-state index contributed by atoms with van der Waals surface area (Å²) in [5.41, 5.74) is 0.850. The Morgan fingerprint density at radius 1 is 1.60 bits per heavy atom. The molecule has 1 aromatic rings. The van der Waals surface area contributed by atoms with Crippen molar-refractivity contribution in [3.8, 4) is 0 Å². The van der Waals surface area contributed by atoms with E-state index in [9.17, 15) is 15.0 Å². The lowest BCUT2D eigenvalue weighted by atomic mass is 10.1. The SMILES string of the molecule is Cc1cc(C=O)sc1C(O)C(O)CCBr. The topological polar surface area (TPSA) is 57.5 Å². The molecular formula is C10H13BrO3S. The Balaban J connectivity index is 2.84. The number of halogens is 1. The van der Waals surface area contributed by atoms with Gasteiger partial charge in [-0.2, -0.15) is 0 Å². The fourth-order valence-corrected chi connectivity index (χ4v) is 2.82. The van der Waals surface area contributed by atoms with E-state index in [-0.39, 0.29) is 0 Å². The molecule has 0 aromatic carbocycles. The van der Waals surface area contributed by atoms with Crippen molar-refractivity contribution >= 4 is 33.6 Å². The van der Waals surface area contributed by atoms with Crippen molar-refractivity contribution in [2.45, 2.75) is 25.6 Å². The molecule has 0 aliphatic carbocycles. The third kappa shape index (κ3) is 3.11. The monoisotopic (exact) mass is 292 g/mol. The molecule has 1 rings (SSSR count). The number of thiophene rings is 1. The lowest BCUT2D eigenvalue weighted by Gasteiger charge is -2.16. The Hall–Kier alpha value is -0.230. The summed E-state index contributed by atoms with van der Waals surface area (Å²) in [6.45, 7) is 1.82. The number of aliphatic hydroxyl groups is 2. The molecule has 84 valence electrons. The Labute approximate surface area is 101 Å². The molecule has 0 spiro atoms. The van der Waals surface area contributed by atoms with Crippen LogP contribution in [0.2, 0.25) is 0 Å². The molecule has 0 radical (unpaired) electrons. The van der Waals surface area contributed by atoms with Gasteiger partial charge in [-0.1, -0.05) is 15.9 Å². The van der Waals surface area contributed by atoms with E-state index < -0.39 is 12.2 Å². The number of carbonyl (C=O) groups excluding carboxylic acids is 1. The first kappa shape index (κ1) is 12.8. The number of hydrogen-bond acceptors (Lipinski definition) is 4. The summed E-state index contributed by atoms with van der Waals surface area (Å²) in [7, 11) is 0. The zero-order valence-corrected chi connectivity index (χ0v) is 10.7. The van der Waals surface area contributed by atoms with Gasteiger partial charge in [0.1, 0.15) is 6.10 Å². The molecule has 3 nitrogen and oxygen atoms in total. The van der Waals surface area contributed by atoms with Gasteiger partial charge in [0.2, 0.25) is 0 Å². The van der Waals surface area contributed by atoms with Gasteiger partial charge in [-0.3, -0.25) is 4.79 Å². The van der Waals surface area contributed by atoms with Crippen molar-refractivity contribution in [2.24, 2.45) is 0 Å². The van der Waals surface area contributed by atoms with Crippen LogP contribution in [0.1, 0.15) is 32.6 Å². The Morgan fingerprint density at radius 3 is 2.73 bits per heavy atom. The van der Waals surface area contributed by atoms with Crippen LogP contribution in [-0.2, 0) is 0 Å². The van der Waals surface area contributed by atoms with Gasteiger partial charge in [-0.25, -0.2) is 0 Å². The summed E-state index contributed by atoms with van der Waals surface area (Å²) < 4.78 is 0. The second kappa shape index (κ2) is 5.75. The lowest BCUT2D eigenvalue weighted by Crippen LogP contribution is -2.18. The second-order valence-electron chi connectivity index (χ2n) is 3.30. The molecule has 2 unspecified atom stereocenters. The predicted octanol–water partition coefficient (Wildman–Crippen LogP) is 2.05.